The lowest BCUT2D eigenvalue weighted by Crippen LogP contribution is -2.12. The van der Waals surface area contributed by atoms with Gasteiger partial charge in [0.1, 0.15) is 17.1 Å². The van der Waals surface area contributed by atoms with Gasteiger partial charge in [0.2, 0.25) is 20.0 Å². The largest absolute Gasteiger partial charge is 0.362 e. The van der Waals surface area contributed by atoms with Crippen molar-refractivity contribution in [3.8, 4) is 0 Å². The molecule has 0 amide bonds. The van der Waals surface area contributed by atoms with Gasteiger partial charge in [0.25, 0.3) is 0 Å². The highest BCUT2D eigenvalue weighted by Gasteiger charge is 2.14. The number of hydrogen-bond acceptors (Lipinski definition) is 10. The summed E-state index contributed by atoms with van der Waals surface area (Å²) >= 11 is 0. The molecule has 0 unspecified atom stereocenters. The Labute approximate surface area is 200 Å². The molecule has 0 spiro atoms. The van der Waals surface area contributed by atoms with Crippen molar-refractivity contribution in [1.29, 1.82) is 0 Å². The quantitative estimate of drug-likeness (QED) is 0.355. The fourth-order valence-corrected chi connectivity index (χ4v) is 4.87. The Morgan fingerprint density at radius 1 is 0.914 bits per heavy atom. The zero-order chi connectivity index (χ0) is 25.5. The Hall–Kier alpha value is -3.85. The van der Waals surface area contributed by atoms with Crippen molar-refractivity contribution in [3.63, 3.8) is 0 Å². The smallest absolute Gasteiger partial charge is 0.237 e. The van der Waals surface area contributed by atoms with Crippen LogP contribution < -0.4 is 5.32 Å². The minimum atomic E-state index is -3.39. The summed E-state index contributed by atoms with van der Waals surface area (Å²) in [5.74, 6) is 0.412. The summed E-state index contributed by atoms with van der Waals surface area (Å²) in [6.45, 7) is 3.53. The van der Waals surface area contributed by atoms with Crippen molar-refractivity contribution in [1.82, 2.24) is 32.3 Å². The topological polar surface area (TPSA) is 163 Å². The maximum atomic E-state index is 11.6. The first-order chi connectivity index (χ1) is 16.4. The molecule has 0 fully saturated rings. The van der Waals surface area contributed by atoms with E-state index in [1.807, 2.05) is 11.3 Å². The molecule has 15 heteroatoms. The van der Waals surface area contributed by atoms with Gasteiger partial charge in [-0.3, -0.25) is 9.20 Å². The van der Waals surface area contributed by atoms with E-state index < -0.39 is 20.0 Å². The number of hydrogen-bond donors (Lipinski definition) is 1. The van der Waals surface area contributed by atoms with Crippen LogP contribution >= 0.6 is 0 Å². The fraction of sp³-hybridized carbons (Fsp3) is 0.250. The van der Waals surface area contributed by atoms with E-state index in [9.17, 15) is 21.6 Å². The summed E-state index contributed by atoms with van der Waals surface area (Å²) in [4.78, 5) is 27.4. The van der Waals surface area contributed by atoms with Gasteiger partial charge in [-0.15, -0.1) is 0 Å². The highest BCUT2D eigenvalue weighted by Crippen LogP contribution is 2.18. The first-order valence-corrected chi connectivity index (χ1v) is 13.8. The lowest BCUT2D eigenvalue weighted by atomic mass is 10.4. The Bertz CT molecular complexity index is 1800. The number of nitrogens with one attached hydrogen (secondary N) is 1. The maximum absolute atomic E-state index is 11.6. The van der Waals surface area contributed by atoms with E-state index in [-0.39, 0.29) is 18.0 Å². The van der Waals surface area contributed by atoms with Crippen LogP contribution in [0.15, 0.2) is 43.1 Å². The number of rotatable bonds is 5. The number of nitrogens with zero attached hydrogens (tertiary/aromatic N) is 7. The zero-order valence-electron chi connectivity index (χ0n) is 19.2. The van der Waals surface area contributed by atoms with Crippen LogP contribution in [0.4, 0.5) is 5.82 Å². The molecule has 5 aromatic heterocycles. The fourth-order valence-electron chi connectivity index (χ4n) is 3.40. The van der Waals surface area contributed by atoms with E-state index >= 15 is 0 Å². The number of anilines is 1. The Morgan fingerprint density at radius 3 is 2.20 bits per heavy atom. The van der Waals surface area contributed by atoms with E-state index in [2.05, 4.69) is 25.3 Å². The average Bonchev–Trinajstić information content (AvgIpc) is 3.47. The lowest BCUT2D eigenvalue weighted by molar-refractivity contribution is -0.115. The minimum Gasteiger partial charge on any atom is -0.362 e. The van der Waals surface area contributed by atoms with Gasteiger partial charge < -0.3 is 5.32 Å². The monoisotopic (exact) mass is 518 g/mol. The van der Waals surface area contributed by atoms with Crippen LogP contribution in [0.3, 0.4) is 0 Å². The van der Waals surface area contributed by atoms with Gasteiger partial charge in [0, 0.05) is 24.3 Å². The SMILES string of the molecule is CC(=O)CNc1cnc2c(ccn2S(C)(=O)=O)n1.Cc1cnc2cnc3c(ccn3S(C)(=O)=O)n12. The summed E-state index contributed by atoms with van der Waals surface area (Å²) in [7, 11) is -6.72. The number of imidazole rings is 1. The molecule has 5 rings (SSSR count). The molecule has 0 atom stereocenters. The molecular weight excluding hydrogens is 496 g/mol. The van der Waals surface area contributed by atoms with Gasteiger partial charge in [-0.25, -0.2) is 44.7 Å². The second-order valence-electron chi connectivity index (χ2n) is 7.83. The third-order valence-corrected chi connectivity index (χ3v) is 6.92. The molecule has 0 bridgehead atoms. The van der Waals surface area contributed by atoms with Crippen LogP contribution in [0.25, 0.3) is 28.0 Å². The molecule has 0 aliphatic carbocycles. The molecule has 1 N–H and O–H groups in total. The van der Waals surface area contributed by atoms with Crippen molar-refractivity contribution in [2.45, 2.75) is 13.8 Å². The van der Waals surface area contributed by atoms with Crippen molar-refractivity contribution in [2.75, 3.05) is 24.4 Å². The van der Waals surface area contributed by atoms with E-state index in [4.69, 9.17) is 0 Å². The maximum Gasteiger partial charge on any atom is 0.237 e. The standard InChI is InChI=1S/C10H12N4O3S.C10H10N4O2S/c1-7(15)5-11-9-6-12-10-8(13-9)3-4-14(10)18(2,16)17;1-7-5-11-9-6-12-10-8(14(7)9)3-4-13(10)17(2,15)16/h3-4,6H,5H2,1-2H3,(H,11,13);3-6H,1-2H3. The lowest BCUT2D eigenvalue weighted by Gasteiger charge is -2.03. The van der Waals surface area contributed by atoms with Crippen LogP contribution in [-0.4, -0.2) is 74.0 Å². The summed E-state index contributed by atoms with van der Waals surface area (Å²) in [5.41, 5.74) is 3.53. The molecule has 5 aromatic rings. The van der Waals surface area contributed by atoms with E-state index in [0.29, 0.717) is 22.6 Å². The average molecular weight is 519 g/mol. The van der Waals surface area contributed by atoms with Crippen molar-refractivity contribution < 1.29 is 21.6 Å². The van der Waals surface area contributed by atoms with Crippen LogP contribution in [0.5, 0.6) is 0 Å². The normalized spacial score (nSPS) is 12.1. The Morgan fingerprint density at radius 2 is 1.54 bits per heavy atom. The summed E-state index contributed by atoms with van der Waals surface area (Å²) in [5, 5.41) is 2.80. The van der Waals surface area contributed by atoms with Gasteiger partial charge in [-0.05, 0) is 26.0 Å². The number of carbonyl (C=O) groups excluding carboxylic acids is 1. The number of fused-ring (bicyclic) bond motifs is 4. The molecule has 0 aliphatic rings. The van der Waals surface area contributed by atoms with E-state index in [1.165, 1.54) is 29.5 Å². The zero-order valence-corrected chi connectivity index (χ0v) is 20.9. The van der Waals surface area contributed by atoms with Crippen LogP contribution in [0, 0.1) is 6.92 Å². The molecule has 0 aliphatic heterocycles. The summed E-state index contributed by atoms with van der Waals surface area (Å²) in [6, 6.07) is 3.29. The number of aryl methyl sites for hydroxylation is 1. The van der Waals surface area contributed by atoms with Crippen molar-refractivity contribution in [3.05, 3.63) is 48.8 Å². The molecule has 35 heavy (non-hydrogen) atoms. The van der Waals surface area contributed by atoms with Crippen LogP contribution in [0.2, 0.25) is 0 Å². The Kier molecular flexibility index (Phi) is 6.06. The van der Waals surface area contributed by atoms with Crippen molar-refractivity contribution >= 4 is 59.6 Å². The molecule has 184 valence electrons. The summed E-state index contributed by atoms with van der Waals surface area (Å²) in [6.07, 6.45) is 9.84. The minimum absolute atomic E-state index is 0.0226. The first-order valence-electron chi connectivity index (χ1n) is 10.1. The Balaban J connectivity index is 0.000000165. The van der Waals surface area contributed by atoms with Gasteiger partial charge in [0.15, 0.2) is 16.9 Å². The molecule has 5 heterocycles. The van der Waals surface area contributed by atoms with Crippen LogP contribution in [-0.2, 0) is 24.8 Å². The highest BCUT2D eigenvalue weighted by atomic mass is 32.2. The molecular formula is C20H22N8O5S2. The number of aromatic nitrogens is 7. The van der Waals surface area contributed by atoms with Gasteiger partial charge >= 0.3 is 0 Å². The predicted octanol–water partition coefficient (Wildman–Crippen LogP) is 1.04. The van der Waals surface area contributed by atoms with E-state index in [1.54, 1.807) is 24.5 Å². The number of ketones is 1. The number of carbonyl (C=O) groups is 1. The molecule has 0 radical (unpaired) electrons. The molecule has 0 saturated carbocycles. The van der Waals surface area contributed by atoms with E-state index in [0.717, 1.165) is 27.7 Å². The second-order valence-corrected chi connectivity index (χ2v) is 11.5. The van der Waals surface area contributed by atoms with Gasteiger partial charge in [-0.1, -0.05) is 0 Å². The van der Waals surface area contributed by atoms with Crippen LogP contribution in [0.1, 0.15) is 12.6 Å². The number of Topliss-reactive ketones (excluding diaryl/α,β-unsaturated/α-hetero) is 1. The second kappa shape index (κ2) is 8.74. The van der Waals surface area contributed by atoms with Crippen molar-refractivity contribution in [2.24, 2.45) is 0 Å². The molecule has 13 nitrogen and oxygen atoms in total. The predicted molar refractivity (Wildman–Crippen MR) is 130 cm³/mol. The summed E-state index contributed by atoms with van der Waals surface area (Å²) < 4.78 is 50.1. The highest BCUT2D eigenvalue weighted by molar-refractivity contribution is 7.89. The van der Waals surface area contributed by atoms with Gasteiger partial charge in [0.05, 0.1) is 37.0 Å². The third kappa shape index (κ3) is 4.85. The third-order valence-electron chi connectivity index (χ3n) is 4.90. The van der Waals surface area contributed by atoms with Gasteiger partial charge in [-0.2, -0.15) is 0 Å². The molecule has 0 saturated heterocycles. The first kappa shape index (κ1) is 24.3. The molecule has 0 aromatic carbocycles.